The number of hydrogen-bond donors (Lipinski definition) is 0. The van der Waals surface area contributed by atoms with E-state index in [0.717, 1.165) is 24.8 Å². The molecule has 1 aliphatic carbocycles. The minimum atomic E-state index is -3.68. The Morgan fingerprint density at radius 1 is 0.931 bits per heavy atom. The van der Waals surface area contributed by atoms with Gasteiger partial charge in [0.25, 0.3) is 0 Å². The lowest BCUT2D eigenvalue weighted by molar-refractivity contribution is 0.346. The van der Waals surface area contributed by atoms with E-state index in [9.17, 15) is 8.42 Å². The molecule has 0 bridgehead atoms. The van der Waals surface area contributed by atoms with Crippen LogP contribution in [0, 0.1) is 12.8 Å². The summed E-state index contributed by atoms with van der Waals surface area (Å²) >= 11 is 0. The number of sulfone groups is 1. The maximum absolute atomic E-state index is 13.8. The van der Waals surface area contributed by atoms with E-state index in [4.69, 9.17) is 14.2 Å². The van der Waals surface area contributed by atoms with E-state index in [1.807, 2.05) is 25.1 Å². The molecule has 0 spiro atoms. The van der Waals surface area contributed by atoms with Crippen molar-refractivity contribution in [3.05, 3.63) is 59.7 Å². The second-order valence-corrected chi connectivity index (χ2v) is 9.32. The van der Waals surface area contributed by atoms with Gasteiger partial charge in [0.05, 0.1) is 26.2 Å². The molecule has 2 unspecified atom stereocenters. The van der Waals surface area contributed by atoms with Crippen molar-refractivity contribution >= 4 is 9.84 Å². The van der Waals surface area contributed by atoms with E-state index < -0.39 is 15.1 Å². The molecule has 0 saturated heterocycles. The summed E-state index contributed by atoms with van der Waals surface area (Å²) in [4.78, 5) is 0.309. The molecule has 0 heterocycles. The van der Waals surface area contributed by atoms with Crippen molar-refractivity contribution in [1.29, 1.82) is 0 Å². The fraction of sp³-hybridized carbons (Fsp3) is 0.391. The highest BCUT2D eigenvalue weighted by atomic mass is 32.2. The molecule has 1 aliphatic rings. The van der Waals surface area contributed by atoms with Crippen LogP contribution in [-0.2, 0) is 9.84 Å². The van der Waals surface area contributed by atoms with Gasteiger partial charge in [0.15, 0.2) is 21.3 Å². The summed E-state index contributed by atoms with van der Waals surface area (Å²) in [6.07, 6.45) is 6.81. The van der Waals surface area contributed by atoms with Crippen LogP contribution in [0.3, 0.4) is 0 Å². The topological polar surface area (TPSA) is 61.8 Å². The third-order valence-corrected chi connectivity index (χ3v) is 7.61. The number of aryl methyl sites for hydroxylation is 1. The van der Waals surface area contributed by atoms with Gasteiger partial charge < -0.3 is 14.2 Å². The van der Waals surface area contributed by atoms with Gasteiger partial charge in [0.2, 0.25) is 0 Å². The van der Waals surface area contributed by atoms with Crippen molar-refractivity contribution in [2.24, 2.45) is 5.92 Å². The third kappa shape index (κ3) is 4.27. The van der Waals surface area contributed by atoms with Crippen LogP contribution in [0.4, 0.5) is 0 Å². The van der Waals surface area contributed by atoms with Crippen LogP contribution < -0.4 is 14.2 Å². The quantitative estimate of drug-likeness (QED) is 0.601. The maximum Gasteiger partial charge on any atom is 0.186 e. The number of methoxy groups -OCH3 is 3. The fourth-order valence-electron chi connectivity index (χ4n) is 3.87. The molecule has 2 atom stereocenters. The Hall–Kier alpha value is -2.47. The summed E-state index contributed by atoms with van der Waals surface area (Å²) in [6, 6.07) is 10.4. The summed E-state index contributed by atoms with van der Waals surface area (Å²) in [6.45, 7) is 1.94. The largest absolute Gasteiger partial charge is 0.496 e. The lowest BCUT2D eigenvalue weighted by atomic mass is 9.89. The van der Waals surface area contributed by atoms with Gasteiger partial charge in [-0.15, -0.1) is 0 Å². The van der Waals surface area contributed by atoms with Crippen LogP contribution >= 0.6 is 0 Å². The Morgan fingerprint density at radius 2 is 1.55 bits per heavy atom. The van der Waals surface area contributed by atoms with Gasteiger partial charge in [-0.1, -0.05) is 29.8 Å². The Kier molecular flexibility index (Phi) is 6.52. The minimum Gasteiger partial charge on any atom is -0.496 e. The molecule has 0 amide bonds. The van der Waals surface area contributed by atoms with Crippen LogP contribution in [-0.4, -0.2) is 29.7 Å². The summed E-state index contributed by atoms with van der Waals surface area (Å²) in [5.74, 6) is 1.30. The Bertz CT molecular complexity index is 977. The van der Waals surface area contributed by atoms with Crippen molar-refractivity contribution in [2.75, 3.05) is 21.3 Å². The van der Waals surface area contributed by atoms with Crippen molar-refractivity contribution < 1.29 is 22.6 Å². The Labute approximate surface area is 173 Å². The highest BCUT2D eigenvalue weighted by Gasteiger charge is 2.38. The smallest absolute Gasteiger partial charge is 0.186 e. The molecule has 2 aromatic rings. The van der Waals surface area contributed by atoms with Gasteiger partial charge >= 0.3 is 0 Å². The zero-order valence-corrected chi connectivity index (χ0v) is 18.2. The Balaban J connectivity index is 2.23. The molecule has 156 valence electrons. The van der Waals surface area contributed by atoms with Crippen LogP contribution in [0.2, 0.25) is 0 Å². The molecular formula is C23H28O5S. The summed E-state index contributed by atoms with van der Waals surface area (Å²) in [5, 5.41) is -0.781. The predicted molar refractivity (Wildman–Crippen MR) is 114 cm³/mol. The molecule has 0 saturated carbocycles. The van der Waals surface area contributed by atoms with Crippen molar-refractivity contribution in [2.45, 2.75) is 36.3 Å². The van der Waals surface area contributed by atoms with Crippen LogP contribution in [0.1, 0.15) is 35.6 Å². The number of rotatable bonds is 7. The van der Waals surface area contributed by atoms with E-state index in [-0.39, 0.29) is 5.92 Å². The summed E-state index contributed by atoms with van der Waals surface area (Å²) in [5.41, 5.74) is 1.60. The molecule has 0 N–H and O–H groups in total. The molecule has 2 aromatic carbocycles. The summed E-state index contributed by atoms with van der Waals surface area (Å²) in [7, 11) is 0.946. The lowest BCUT2D eigenvalue weighted by Gasteiger charge is -2.29. The van der Waals surface area contributed by atoms with Gasteiger partial charge in [-0.2, -0.15) is 0 Å². The van der Waals surface area contributed by atoms with E-state index in [1.165, 1.54) is 14.2 Å². The van der Waals surface area contributed by atoms with Crippen LogP contribution in [0.5, 0.6) is 17.2 Å². The average Bonchev–Trinajstić information content (AvgIpc) is 2.74. The Morgan fingerprint density at radius 3 is 2.10 bits per heavy atom. The molecular weight excluding hydrogens is 388 g/mol. The first-order valence-corrected chi connectivity index (χ1v) is 11.2. The monoisotopic (exact) mass is 416 g/mol. The summed E-state index contributed by atoms with van der Waals surface area (Å²) < 4.78 is 44.0. The van der Waals surface area contributed by atoms with E-state index in [1.54, 1.807) is 31.4 Å². The van der Waals surface area contributed by atoms with Crippen LogP contribution in [0.15, 0.2) is 53.4 Å². The second kappa shape index (κ2) is 8.91. The van der Waals surface area contributed by atoms with Crippen molar-refractivity contribution in [1.82, 2.24) is 0 Å². The number of benzene rings is 2. The lowest BCUT2D eigenvalue weighted by Crippen LogP contribution is -2.23. The van der Waals surface area contributed by atoms with E-state index in [2.05, 4.69) is 6.08 Å². The van der Waals surface area contributed by atoms with Gasteiger partial charge in [0.1, 0.15) is 11.0 Å². The average molecular weight is 417 g/mol. The number of allylic oxidation sites excluding steroid dienone is 2. The molecule has 3 rings (SSSR count). The molecule has 5 nitrogen and oxygen atoms in total. The van der Waals surface area contributed by atoms with E-state index >= 15 is 0 Å². The van der Waals surface area contributed by atoms with Crippen molar-refractivity contribution in [3.8, 4) is 17.2 Å². The SMILES string of the molecule is COc1cc(OC)c(C(C2C=CCCC2)S(=O)(=O)c2ccc(C)cc2)cc1OC. The number of hydrogen-bond acceptors (Lipinski definition) is 5. The third-order valence-electron chi connectivity index (χ3n) is 5.41. The zero-order valence-electron chi connectivity index (χ0n) is 17.3. The molecule has 29 heavy (non-hydrogen) atoms. The maximum atomic E-state index is 13.8. The minimum absolute atomic E-state index is 0.151. The molecule has 0 radical (unpaired) electrons. The molecule has 0 fully saturated rings. The molecule has 0 aliphatic heterocycles. The van der Waals surface area contributed by atoms with Gasteiger partial charge in [-0.25, -0.2) is 8.42 Å². The van der Waals surface area contributed by atoms with Crippen LogP contribution in [0.25, 0.3) is 0 Å². The highest BCUT2D eigenvalue weighted by molar-refractivity contribution is 7.91. The van der Waals surface area contributed by atoms with Gasteiger partial charge in [0, 0.05) is 11.6 Å². The zero-order chi connectivity index (χ0) is 21.0. The first-order chi connectivity index (χ1) is 13.9. The molecule has 6 heteroatoms. The van der Waals surface area contributed by atoms with Gasteiger partial charge in [-0.05, 0) is 50.3 Å². The first-order valence-electron chi connectivity index (χ1n) is 9.69. The highest BCUT2D eigenvalue weighted by Crippen LogP contribution is 2.46. The molecule has 0 aromatic heterocycles. The first kappa shape index (κ1) is 21.2. The number of ether oxygens (including phenoxy) is 3. The fourth-order valence-corrected chi connectivity index (χ4v) is 5.88. The normalized spacial score (nSPS) is 17.6. The van der Waals surface area contributed by atoms with Crippen molar-refractivity contribution in [3.63, 3.8) is 0 Å². The van der Waals surface area contributed by atoms with Gasteiger partial charge in [-0.3, -0.25) is 0 Å². The van der Waals surface area contributed by atoms with E-state index in [0.29, 0.717) is 27.7 Å². The predicted octanol–water partition coefficient (Wildman–Crippen LogP) is 4.89. The second-order valence-electron chi connectivity index (χ2n) is 7.25. The standard InChI is InChI=1S/C23H28O5S/c1-16-10-12-18(13-11-16)29(24,25)23(17-8-6-5-7-9-17)19-14-21(27-3)22(28-4)15-20(19)26-2/h6,8,10-15,17,23H,5,7,9H2,1-4H3.